The van der Waals surface area contributed by atoms with Gasteiger partial charge >= 0.3 is 6.09 Å². The molecule has 1 aromatic rings. The van der Waals surface area contributed by atoms with Gasteiger partial charge in [0.2, 0.25) is 0 Å². The van der Waals surface area contributed by atoms with E-state index in [1.165, 1.54) is 23.1 Å². The molecule has 0 heterocycles. The first kappa shape index (κ1) is 16.6. The van der Waals surface area contributed by atoms with Crippen LogP contribution in [0.2, 0.25) is 5.02 Å². The molecule has 0 aliphatic rings. The minimum absolute atomic E-state index is 0.0236. The lowest BCUT2D eigenvalue weighted by Gasteiger charge is -2.22. The molecule has 4 nitrogen and oxygen atoms in total. The summed E-state index contributed by atoms with van der Waals surface area (Å²) in [5.74, 6) is -0.653. The highest BCUT2D eigenvalue weighted by atomic mass is 35.5. The van der Waals surface area contributed by atoms with Gasteiger partial charge in [-0.3, -0.25) is 4.90 Å². The van der Waals surface area contributed by atoms with Crippen LogP contribution in [0.15, 0.2) is 18.2 Å². The molecule has 0 aromatic heterocycles. The van der Waals surface area contributed by atoms with Crippen molar-refractivity contribution in [3.8, 4) is 0 Å². The molecular formula is C12H14ClF3N2O2. The van der Waals surface area contributed by atoms with Gasteiger partial charge in [-0.2, -0.15) is 0 Å². The van der Waals surface area contributed by atoms with Crippen LogP contribution in [0.1, 0.15) is 5.56 Å². The van der Waals surface area contributed by atoms with Crippen LogP contribution in [0, 0.1) is 5.82 Å². The van der Waals surface area contributed by atoms with Crippen LogP contribution in [0.25, 0.3) is 0 Å². The summed E-state index contributed by atoms with van der Waals surface area (Å²) in [7, 11) is 0. The largest absolute Gasteiger partial charge is 0.465 e. The first-order valence-electron chi connectivity index (χ1n) is 5.80. The Morgan fingerprint density at radius 1 is 1.45 bits per heavy atom. The second-order valence-corrected chi connectivity index (χ2v) is 4.48. The van der Waals surface area contributed by atoms with E-state index in [1.54, 1.807) is 0 Å². The maximum absolute atomic E-state index is 13.7. The third-order valence-corrected chi connectivity index (χ3v) is 2.82. The molecule has 0 unspecified atom stereocenters. The smallest absolute Gasteiger partial charge is 0.404 e. The van der Waals surface area contributed by atoms with Crippen molar-refractivity contribution in [2.75, 3.05) is 19.6 Å². The number of amides is 1. The van der Waals surface area contributed by atoms with Crippen molar-refractivity contribution in [1.29, 1.82) is 0 Å². The zero-order valence-corrected chi connectivity index (χ0v) is 11.2. The predicted molar refractivity (Wildman–Crippen MR) is 68.7 cm³/mol. The summed E-state index contributed by atoms with van der Waals surface area (Å²) in [5.41, 5.74) is 0.188. The normalized spacial score (nSPS) is 11.1. The van der Waals surface area contributed by atoms with E-state index >= 15 is 0 Å². The Labute approximate surface area is 119 Å². The van der Waals surface area contributed by atoms with Crippen LogP contribution in [-0.2, 0) is 6.54 Å². The van der Waals surface area contributed by atoms with Crippen molar-refractivity contribution >= 4 is 17.7 Å². The molecule has 2 N–H and O–H groups in total. The fourth-order valence-corrected chi connectivity index (χ4v) is 1.86. The molecule has 112 valence electrons. The molecule has 0 radical (unpaired) electrons. The van der Waals surface area contributed by atoms with E-state index in [4.69, 9.17) is 16.7 Å². The van der Waals surface area contributed by atoms with E-state index in [0.717, 1.165) is 0 Å². The topological polar surface area (TPSA) is 52.6 Å². The Bertz CT molecular complexity index is 460. The maximum atomic E-state index is 13.7. The number of carbonyl (C=O) groups is 1. The number of alkyl halides is 2. The Morgan fingerprint density at radius 2 is 2.15 bits per heavy atom. The molecule has 0 atom stereocenters. The minimum atomic E-state index is -2.60. The molecule has 1 aromatic carbocycles. The highest BCUT2D eigenvalue weighted by Gasteiger charge is 2.15. The molecule has 1 amide bonds. The molecule has 0 aliphatic carbocycles. The van der Waals surface area contributed by atoms with Gasteiger partial charge < -0.3 is 10.4 Å². The standard InChI is InChI=1S/C12H14ClF3N2O2/c13-9-3-1-2-8(11(9)16)6-18(7-10(14)15)5-4-17-12(19)20/h1-3,10,17H,4-7H2,(H,19,20). The van der Waals surface area contributed by atoms with E-state index < -0.39 is 24.9 Å². The van der Waals surface area contributed by atoms with Crippen molar-refractivity contribution in [2.24, 2.45) is 0 Å². The number of carboxylic acid groups (broad SMARTS) is 1. The summed E-state index contributed by atoms with van der Waals surface area (Å²) >= 11 is 5.62. The fourth-order valence-electron chi connectivity index (χ4n) is 1.66. The van der Waals surface area contributed by atoms with Crippen LogP contribution >= 0.6 is 11.6 Å². The summed E-state index contributed by atoms with van der Waals surface area (Å²) in [5, 5.41) is 10.4. The highest BCUT2D eigenvalue weighted by Crippen LogP contribution is 2.19. The summed E-state index contributed by atoms with van der Waals surface area (Å²) in [6.45, 7) is -0.627. The number of rotatable bonds is 7. The van der Waals surface area contributed by atoms with Gasteiger partial charge in [0.1, 0.15) is 5.82 Å². The first-order valence-corrected chi connectivity index (χ1v) is 6.18. The molecule has 0 spiro atoms. The maximum Gasteiger partial charge on any atom is 0.404 e. The molecular weight excluding hydrogens is 297 g/mol. The van der Waals surface area contributed by atoms with Gasteiger partial charge in [-0.05, 0) is 6.07 Å². The Hall–Kier alpha value is -1.47. The van der Waals surface area contributed by atoms with Crippen LogP contribution < -0.4 is 5.32 Å². The van der Waals surface area contributed by atoms with E-state index in [2.05, 4.69) is 5.32 Å². The molecule has 20 heavy (non-hydrogen) atoms. The molecule has 0 aliphatic heterocycles. The average Bonchev–Trinajstić information content (AvgIpc) is 2.33. The first-order chi connectivity index (χ1) is 9.40. The molecule has 0 fully saturated rings. The lowest BCUT2D eigenvalue weighted by molar-refractivity contribution is 0.0845. The van der Waals surface area contributed by atoms with E-state index in [-0.39, 0.29) is 30.2 Å². The summed E-state index contributed by atoms with van der Waals surface area (Å²) in [6, 6.07) is 4.34. The van der Waals surface area contributed by atoms with Gasteiger partial charge in [-0.1, -0.05) is 23.7 Å². The van der Waals surface area contributed by atoms with Gasteiger partial charge in [0.15, 0.2) is 0 Å². The third kappa shape index (κ3) is 5.66. The van der Waals surface area contributed by atoms with Crippen molar-refractivity contribution < 1.29 is 23.1 Å². The zero-order valence-electron chi connectivity index (χ0n) is 10.5. The van der Waals surface area contributed by atoms with Crippen molar-refractivity contribution in [2.45, 2.75) is 13.0 Å². The van der Waals surface area contributed by atoms with Crippen LogP contribution in [-0.4, -0.2) is 42.2 Å². The Balaban J connectivity index is 2.68. The number of halogens is 4. The lowest BCUT2D eigenvalue weighted by Crippen LogP contribution is -2.36. The van der Waals surface area contributed by atoms with Crippen molar-refractivity contribution in [3.05, 3.63) is 34.6 Å². The lowest BCUT2D eigenvalue weighted by atomic mass is 10.2. The molecule has 8 heteroatoms. The molecule has 0 saturated carbocycles. The van der Waals surface area contributed by atoms with Crippen molar-refractivity contribution in [3.63, 3.8) is 0 Å². The zero-order chi connectivity index (χ0) is 15.1. The van der Waals surface area contributed by atoms with E-state index in [1.807, 2.05) is 0 Å². The van der Waals surface area contributed by atoms with Gasteiger partial charge in [0.05, 0.1) is 11.6 Å². The highest BCUT2D eigenvalue weighted by molar-refractivity contribution is 6.30. The fraction of sp³-hybridized carbons (Fsp3) is 0.417. The second-order valence-electron chi connectivity index (χ2n) is 4.07. The SMILES string of the molecule is O=C(O)NCCN(Cc1cccc(Cl)c1F)CC(F)F. The monoisotopic (exact) mass is 310 g/mol. The molecule has 1 rings (SSSR count). The van der Waals surface area contributed by atoms with E-state index in [9.17, 15) is 18.0 Å². The van der Waals surface area contributed by atoms with E-state index in [0.29, 0.717) is 0 Å². The number of benzene rings is 1. The van der Waals surface area contributed by atoms with Gasteiger partial charge in [-0.25, -0.2) is 18.0 Å². The summed E-state index contributed by atoms with van der Waals surface area (Å²) < 4.78 is 38.6. The van der Waals surface area contributed by atoms with Crippen LogP contribution in [0.5, 0.6) is 0 Å². The Morgan fingerprint density at radius 3 is 2.75 bits per heavy atom. The third-order valence-electron chi connectivity index (χ3n) is 2.53. The minimum Gasteiger partial charge on any atom is -0.465 e. The summed E-state index contributed by atoms with van der Waals surface area (Å²) in [6.07, 6.45) is -3.84. The Kier molecular flexibility index (Phi) is 6.60. The average molecular weight is 311 g/mol. The predicted octanol–water partition coefficient (Wildman–Crippen LogP) is 2.81. The van der Waals surface area contributed by atoms with Crippen LogP contribution in [0.3, 0.4) is 0 Å². The van der Waals surface area contributed by atoms with Gasteiger partial charge in [-0.15, -0.1) is 0 Å². The number of hydrogen-bond acceptors (Lipinski definition) is 2. The molecule has 0 bridgehead atoms. The van der Waals surface area contributed by atoms with Crippen molar-refractivity contribution in [1.82, 2.24) is 10.2 Å². The van der Waals surface area contributed by atoms with Gasteiger partial charge in [0.25, 0.3) is 6.43 Å². The summed E-state index contributed by atoms with van der Waals surface area (Å²) in [4.78, 5) is 11.6. The number of nitrogens with zero attached hydrogens (tertiary/aromatic N) is 1. The van der Waals surface area contributed by atoms with Gasteiger partial charge in [0, 0.05) is 25.2 Å². The van der Waals surface area contributed by atoms with Crippen LogP contribution in [0.4, 0.5) is 18.0 Å². The molecule has 0 saturated heterocycles. The number of nitrogens with one attached hydrogen (secondary N) is 1. The number of hydrogen-bond donors (Lipinski definition) is 2. The second kappa shape index (κ2) is 7.96. The quantitative estimate of drug-likeness (QED) is 0.814.